The first-order valence-electron chi connectivity index (χ1n) is 6.56. The number of aryl methyl sites for hydroxylation is 1. The molecule has 0 radical (unpaired) electrons. The molecule has 0 bridgehead atoms. The van der Waals surface area contributed by atoms with Gasteiger partial charge in [0.25, 0.3) is 5.91 Å². The maximum absolute atomic E-state index is 12.4. The smallest absolute Gasteiger partial charge is 0.257 e. The van der Waals surface area contributed by atoms with Crippen LogP contribution in [0.3, 0.4) is 0 Å². The van der Waals surface area contributed by atoms with Gasteiger partial charge in [-0.3, -0.25) is 14.4 Å². The number of nitrogens with zero attached hydrogens (tertiary/aromatic N) is 4. The number of carbonyl (C=O) groups excluding carboxylic acids is 1. The van der Waals surface area contributed by atoms with E-state index in [0.717, 1.165) is 19.6 Å². The zero-order valence-corrected chi connectivity index (χ0v) is 11.6. The minimum Gasteiger partial charge on any atom is -0.335 e. The van der Waals surface area contributed by atoms with Gasteiger partial charge < -0.3 is 4.90 Å². The van der Waals surface area contributed by atoms with Crippen LogP contribution in [0, 0.1) is 0 Å². The van der Waals surface area contributed by atoms with E-state index in [0.29, 0.717) is 17.6 Å². The van der Waals surface area contributed by atoms with Crippen molar-refractivity contribution in [1.29, 1.82) is 0 Å². The summed E-state index contributed by atoms with van der Waals surface area (Å²) in [4.78, 5) is 16.6. The molecule has 1 saturated heterocycles. The maximum Gasteiger partial charge on any atom is 0.257 e. The van der Waals surface area contributed by atoms with Crippen molar-refractivity contribution in [2.24, 2.45) is 0 Å². The molecule has 2 heterocycles. The van der Waals surface area contributed by atoms with Gasteiger partial charge in [0.2, 0.25) is 0 Å². The highest BCUT2D eigenvalue weighted by atomic mass is 16.2. The van der Waals surface area contributed by atoms with Crippen LogP contribution in [0.2, 0.25) is 0 Å². The van der Waals surface area contributed by atoms with Gasteiger partial charge in [-0.15, -0.1) is 0 Å². The quantitative estimate of drug-likeness (QED) is 0.788. The Morgan fingerprint density at radius 2 is 2.00 bits per heavy atom. The fourth-order valence-corrected chi connectivity index (χ4v) is 2.40. The highest BCUT2D eigenvalue weighted by molar-refractivity contribution is 5.93. The van der Waals surface area contributed by atoms with Crippen molar-refractivity contribution in [3.8, 4) is 0 Å². The third-order valence-electron chi connectivity index (χ3n) is 3.85. The second kappa shape index (κ2) is 5.10. The molecule has 18 heavy (non-hydrogen) atoms. The van der Waals surface area contributed by atoms with Crippen LogP contribution in [0.4, 0.5) is 0 Å². The normalized spacial score (nSPS) is 25.4. The van der Waals surface area contributed by atoms with Crippen LogP contribution in [0.1, 0.15) is 31.1 Å². The largest absolute Gasteiger partial charge is 0.335 e. The molecule has 0 spiro atoms. The first kappa shape index (κ1) is 13.1. The van der Waals surface area contributed by atoms with Gasteiger partial charge in [0.15, 0.2) is 0 Å². The summed E-state index contributed by atoms with van der Waals surface area (Å²) in [6.45, 7) is 8.70. The average Bonchev–Trinajstić information content (AvgIpc) is 2.83. The minimum absolute atomic E-state index is 0.0986. The lowest BCUT2D eigenvalue weighted by Crippen LogP contribution is -2.56. The first-order chi connectivity index (χ1) is 8.52. The second-order valence-corrected chi connectivity index (χ2v) is 5.16. The minimum atomic E-state index is 0.0986. The predicted molar refractivity (Wildman–Crippen MR) is 70.5 cm³/mol. The Balaban J connectivity index is 2.09. The number of likely N-dealkylation sites (N-methyl/N-ethyl adjacent to an activating group) is 1. The molecule has 1 aromatic rings. The van der Waals surface area contributed by atoms with Crippen LogP contribution in [0.5, 0.6) is 0 Å². The van der Waals surface area contributed by atoms with Gasteiger partial charge in [-0.25, -0.2) is 0 Å². The third-order valence-corrected chi connectivity index (χ3v) is 3.85. The maximum atomic E-state index is 12.4. The summed E-state index contributed by atoms with van der Waals surface area (Å²) >= 11 is 0. The fourth-order valence-electron chi connectivity index (χ4n) is 2.40. The van der Waals surface area contributed by atoms with Crippen molar-refractivity contribution < 1.29 is 4.79 Å². The van der Waals surface area contributed by atoms with E-state index in [9.17, 15) is 4.79 Å². The molecule has 0 saturated carbocycles. The van der Waals surface area contributed by atoms with Crippen LogP contribution in [-0.2, 0) is 6.54 Å². The zero-order chi connectivity index (χ0) is 13.3. The number of rotatable bonds is 2. The highest BCUT2D eigenvalue weighted by Crippen LogP contribution is 2.15. The summed E-state index contributed by atoms with van der Waals surface area (Å²) in [7, 11) is 2.12. The van der Waals surface area contributed by atoms with Gasteiger partial charge >= 0.3 is 0 Å². The molecule has 5 heteroatoms. The Morgan fingerprint density at radius 1 is 1.39 bits per heavy atom. The standard InChI is InChI=1S/C13H22N4O/c1-5-17-9-12(6-14-17)13(18)16-7-10(2)15(4)11(3)8-16/h6,9-11H,5,7-8H2,1-4H3/t10-,11+. The van der Waals surface area contributed by atoms with Gasteiger partial charge in [-0.2, -0.15) is 5.10 Å². The average molecular weight is 250 g/mol. The topological polar surface area (TPSA) is 41.4 Å². The SMILES string of the molecule is CCn1cc(C(=O)N2C[C@@H](C)N(C)[C@@H](C)C2)cn1. The number of piperazine rings is 1. The van der Waals surface area contributed by atoms with Crippen LogP contribution >= 0.6 is 0 Å². The van der Waals surface area contributed by atoms with Gasteiger partial charge in [-0.05, 0) is 27.8 Å². The Labute approximate surface area is 108 Å². The Morgan fingerprint density at radius 3 is 2.50 bits per heavy atom. The van der Waals surface area contributed by atoms with Crippen molar-refractivity contribution in [3.63, 3.8) is 0 Å². The van der Waals surface area contributed by atoms with Gasteiger partial charge in [-0.1, -0.05) is 0 Å². The van der Waals surface area contributed by atoms with E-state index in [4.69, 9.17) is 0 Å². The first-order valence-corrected chi connectivity index (χ1v) is 6.56. The second-order valence-electron chi connectivity index (χ2n) is 5.16. The molecule has 1 fully saturated rings. The number of carbonyl (C=O) groups is 1. The molecule has 2 atom stereocenters. The molecule has 1 aliphatic rings. The summed E-state index contributed by atoms with van der Waals surface area (Å²) in [6.07, 6.45) is 3.50. The lowest BCUT2D eigenvalue weighted by Gasteiger charge is -2.42. The van der Waals surface area contributed by atoms with Gasteiger partial charge in [0.1, 0.15) is 0 Å². The van der Waals surface area contributed by atoms with Gasteiger partial charge in [0, 0.05) is 37.9 Å². The number of amides is 1. The van der Waals surface area contributed by atoms with Crippen molar-refractivity contribution in [3.05, 3.63) is 18.0 Å². The summed E-state index contributed by atoms with van der Waals surface area (Å²) in [5.41, 5.74) is 0.695. The zero-order valence-electron chi connectivity index (χ0n) is 11.6. The molecule has 1 amide bonds. The summed E-state index contributed by atoms with van der Waals surface area (Å²) in [5, 5.41) is 4.16. The Kier molecular flexibility index (Phi) is 3.71. The van der Waals surface area contributed by atoms with Crippen LogP contribution in [-0.4, -0.2) is 57.7 Å². The molecular formula is C13H22N4O. The molecule has 0 unspecified atom stereocenters. The highest BCUT2D eigenvalue weighted by Gasteiger charge is 2.30. The molecule has 2 rings (SSSR count). The van der Waals surface area contributed by atoms with Crippen molar-refractivity contribution in [2.45, 2.75) is 39.4 Å². The summed E-state index contributed by atoms with van der Waals surface area (Å²) in [5.74, 6) is 0.0986. The molecular weight excluding hydrogens is 228 g/mol. The number of hydrogen-bond donors (Lipinski definition) is 0. The van der Waals surface area contributed by atoms with E-state index in [1.54, 1.807) is 10.9 Å². The van der Waals surface area contributed by atoms with E-state index in [1.807, 2.05) is 18.0 Å². The lowest BCUT2D eigenvalue weighted by atomic mass is 10.1. The van der Waals surface area contributed by atoms with Crippen molar-refractivity contribution in [2.75, 3.05) is 20.1 Å². The Hall–Kier alpha value is -1.36. The Bertz CT molecular complexity index is 416. The van der Waals surface area contributed by atoms with E-state index >= 15 is 0 Å². The van der Waals surface area contributed by atoms with E-state index in [-0.39, 0.29) is 5.91 Å². The predicted octanol–water partition coefficient (Wildman–Crippen LogP) is 1.07. The van der Waals surface area contributed by atoms with E-state index < -0.39 is 0 Å². The molecule has 0 aromatic carbocycles. The van der Waals surface area contributed by atoms with E-state index in [1.165, 1.54) is 0 Å². The van der Waals surface area contributed by atoms with Crippen LogP contribution in [0.25, 0.3) is 0 Å². The van der Waals surface area contributed by atoms with Crippen LogP contribution in [0.15, 0.2) is 12.4 Å². The monoisotopic (exact) mass is 250 g/mol. The summed E-state index contributed by atoms with van der Waals surface area (Å²) < 4.78 is 1.79. The van der Waals surface area contributed by atoms with Crippen molar-refractivity contribution >= 4 is 5.91 Å². The molecule has 1 aromatic heterocycles. The number of aromatic nitrogens is 2. The molecule has 0 N–H and O–H groups in total. The van der Waals surface area contributed by atoms with Crippen molar-refractivity contribution in [1.82, 2.24) is 19.6 Å². The molecule has 100 valence electrons. The van der Waals surface area contributed by atoms with E-state index in [2.05, 4.69) is 30.9 Å². The van der Waals surface area contributed by atoms with Gasteiger partial charge in [0.05, 0.1) is 11.8 Å². The lowest BCUT2D eigenvalue weighted by molar-refractivity contribution is 0.0414. The third kappa shape index (κ3) is 2.41. The summed E-state index contributed by atoms with van der Waals surface area (Å²) in [6, 6.07) is 0.804. The molecule has 5 nitrogen and oxygen atoms in total. The molecule has 1 aliphatic heterocycles. The van der Waals surface area contributed by atoms with Crippen LogP contribution < -0.4 is 0 Å². The number of hydrogen-bond acceptors (Lipinski definition) is 3. The fraction of sp³-hybridized carbons (Fsp3) is 0.692. The molecule has 0 aliphatic carbocycles.